The van der Waals surface area contributed by atoms with Crippen LogP contribution in [-0.2, 0) is 19.9 Å². The van der Waals surface area contributed by atoms with E-state index in [4.69, 9.17) is 9.47 Å². The van der Waals surface area contributed by atoms with Gasteiger partial charge in [-0.25, -0.2) is 9.78 Å². The number of ether oxygens (including phenoxy) is 2. The number of hydrogen-bond donors (Lipinski definition) is 1. The molecule has 1 saturated heterocycles. The molecule has 1 aromatic heterocycles. The molecule has 7 heteroatoms. The number of aromatic nitrogens is 1. The van der Waals surface area contributed by atoms with E-state index in [0.29, 0.717) is 5.41 Å². The molecule has 0 amide bonds. The fourth-order valence-corrected chi connectivity index (χ4v) is 5.32. The summed E-state index contributed by atoms with van der Waals surface area (Å²) in [4.78, 5) is 16.8. The van der Waals surface area contributed by atoms with Gasteiger partial charge in [0.05, 0.1) is 0 Å². The van der Waals surface area contributed by atoms with Crippen LogP contribution in [-0.4, -0.2) is 36.3 Å². The van der Waals surface area contributed by atoms with Gasteiger partial charge in [-0.1, -0.05) is 0 Å². The molecular formula is C18H27BrN2O3S. The lowest BCUT2D eigenvalue weighted by molar-refractivity contribution is -0.172. The minimum Gasteiger partial charge on any atom is -0.458 e. The van der Waals surface area contributed by atoms with Gasteiger partial charge in [-0.05, 0) is 80.8 Å². The van der Waals surface area contributed by atoms with Crippen LogP contribution in [0.25, 0.3) is 0 Å². The first kappa shape index (κ1) is 19.3. The third-order valence-corrected chi connectivity index (χ3v) is 6.94. The maximum absolute atomic E-state index is 12.1. The second-order valence-electron chi connectivity index (χ2n) is 8.27. The first-order valence-corrected chi connectivity index (χ1v) is 10.6. The third-order valence-electron chi connectivity index (χ3n) is 5.20. The standard InChI is InChI=1S/C18H27BrN2O3S/c1-16(2,3)24-14(22)10-23-18(15-21-13(19)11-25-15)6-4-17(5-7-18)8-9-20-12-17/h11,20H,4-10,12H2,1-3H3. The van der Waals surface area contributed by atoms with Crippen molar-refractivity contribution in [1.82, 2.24) is 10.3 Å². The Kier molecular flexibility index (Phi) is 5.59. The van der Waals surface area contributed by atoms with E-state index in [1.165, 1.54) is 6.42 Å². The van der Waals surface area contributed by atoms with E-state index >= 15 is 0 Å². The minimum atomic E-state index is -0.496. The van der Waals surface area contributed by atoms with Crippen molar-refractivity contribution >= 4 is 33.2 Å². The highest BCUT2D eigenvalue weighted by atomic mass is 79.9. The molecule has 140 valence electrons. The third kappa shape index (κ3) is 4.62. The summed E-state index contributed by atoms with van der Waals surface area (Å²) >= 11 is 5.04. The van der Waals surface area contributed by atoms with Crippen LogP contribution in [0.2, 0.25) is 0 Å². The number of halogens is 1. The Balaban J connectivity index is 1.71. The Bertz CT molecular complexity index is 610. The highest BCUT2D eigenvalue weighted by Crippen LogP contribution is 2.50. The smallest absolute Gasteiger partial charge is 0.332 e. The summed E-state index contributed by atoms with van der Waals surface area (Å²) in [7, 11) is 0. The Morgan fingerprint density at radius 3 is 2.56 bits per heavy atom. The fourth-order valence-electron chi connectivity index (χ4n) is 3.86. The van der Waals surface area contributed by atoms with Gasteiger partial charge in [0, 0.05) is 11.9 Å². The maximum atomic E-state index is 12.1. The van der Waals surface area contributed by atoms with Crippen LogP contribution < -0.4 is 5.32 Å². The zero-order valence-electron chi connectivity index (χ0n) is 15.2. The quantitative estimate of drug-likeness (QED) is 0.730. The molecular weight excluding hydrogens is 404 g/mol. The monoisotopic (exact) mass is 430 g/mol. The molecule has 0 unspecified atom stereocenters. The minimum absolute atomic E-state index is 0.0281. The van der Waals surface area contributed by atoms with Gasteiger partial charge in [-0.15, -0.1) is 11.3 Å². The lowest BCUT2D eigenvalue weighted by atomic mass is 9.68. The van der Waals surface area contributed by atoms with E-state index < -0.39 is 11.2 Å². The van der Waals surface area contributed by atoms with Crippen LogP contribution in [0.15, 0.2) is 9.98 Å². The number of carbonyl (C=O) groups excluding carboxylic acids is 1. The maximum Gasteiger partial charge on any atom is 0.332 e. The summed E-state index contributed by atoms with van der Waals surface area (Å²) in [6, 6.07) is 0. The second kappa shape index (κ2) is 7.25. The molecule has 1 N–H and O–H groups in total. The molecule has 2 heterocycles. The van der Waals surface area contributed by atoms with Crippen molar-refractivity contribution in [2.24, 2.45) is 5.41 Å². The van der Waals surface area contributed by atoms with Crippen LogP contribution in [0, 0.1) is 5.41 Å². The largest absolute Gasteiger partial charge is 0.458 e. The van der Waals surface area contributed by atoms with Crippen LogP contribution in [0.5, 0.6) is 0 Å². The van der Waals surface area contributed by atoms with Crippen molar-refractivity contribution in [3.8, 4) is 0 Å². The molecule has 1 aliphatic heterocycles. The van der Waals surface area contributed by atoms with E-state index in [0.717, 1.165) is 48.4 Å². The van der Waals surface area contributed by atoms with E-state index in [1.807, 2.05) is 26.2 Å². The van der Waals surface area contributed by atoms with E-state index in [2.05, 4.69) is 26.2 Å². The number of thiazole rings is 1. The molecule has 2 fully saturated rings. The average Bonchev–Trinajstić information content (AvgIpc) is 3.16. The van der Waals surface area contributed by atoms with Crippen LogP contribution in [0.4, 0.5) is 0 Å². The van der Waals surface area contributed by atoms with E-state index in [9.17, 15) is 4.79 Å². The first-order valence-electron chi connectivity index (χ1n) is 8.90. The van der Waals surface area contributed by atoms with Crippen LogP contribution in [0.1, 0.15) is 57.9 Å². The van der Waals surface area contributed by atoms with Gasteiger partial charge in [0.1, 0.15) is 27.4 Å². The number of carbonyl (C=O) groups is 1. The fraction of sp³-hybridized carbons (Fsp3) is 0.778. The van der Waals surface area contributed by atoms with Gasteiger partial charge in [0.2, 0.25) is 0 Å². The zero-order valence-corrected chi connectivity index (χ0v) is 17.6. The van der Waals surface area contributed by atoms with Crippen molar-refractivity contribution in [2.75, 3.05) is 19.7 Å². The Hall–Kier alpha value is -0.500. The van der Waals surface area contributed by atoms with Gasteiger partial charge in [0.25, 0.3) is 0 Å². The number of hydrogen-bond acceptors (Lipinski definition) is 6. The van der Waals surface area contributed by atoms with Crippen LogP contribution in [0.3, 0.4) is 0 Å². The first-order chi connectivity index (χ1) is 11.7. The summed E-state index contributed by atoms with van der Waals surface area (Å²) in [5.74, 6) is -0.315. The molecule has 1 aromatic rings. The Morgan fingerprint density at radius 1 is 1.32 bits per heavy atom. The van der Waals surface area contributed by atoms with Crippen molar-refractivity contribution < 1.29 is 14.3 Å². The molecule has 0 bridgehead atoms. The Morgan fingerprint density at radius 2 is 2.04 bits per heavy atom. The molecule has 2 aliphatic rings. The molecule has 1 spiro atoms. The van der Waals surface area contributed by atoms with Crippen molar-refractivity contribution in [2.45, 2.75) is 64.1 Å². The predicted octanol–water partition coefficient (Wildman–Crippen LogP) is 4.01. The molecule has 0 atom stereocenters. The van der Waals surface area contributed by atoms with Gasteiger partial charge < -0.3 is 14.8 Å². The van der Waals surface area contributed by atoms with Gasteiger partial charge in [-0.3, -0.25) is 0 Å². The summed E-state index contributed by atoms with van der Waals surface area (Å²) in [5, 5.41) is 6.44. The molecule has 5 nitrogen and oxygen atoms in total. The van der Waals surface area contributed by atoms with E-state index in [1.54, 1.807) is 11.3 Å². The average molecular weight is 431 g/mol. The summed E-state index contributed by atoms with van der Waals surface area (Å²) < 4.78 is 12.4. The lowest BCUT2D eigenvalue weighted by Crippen LogP contribution is -2.41. The summed E-state index contributed by atoms with van der Waals surface area (Å²) in [6.07, 6.45) is 5.24. The molecule has 3 rings (SSSR count). The normalized spacial score (nSPS) is 29.9. The SMILES string of the molecule is CC(C)(C)OC(=O)COC1(c2nc(Br)cs2)CCC2(CCNC2)CC1. The zero-order chi connectivity index (χ0) is 18.1. The number of nitrogens with zero attached hydrogens (tertiary/aromatic N) is 1. The molecule has 0 aromatic carbocycles. The summed E-state index contributed by atoms with van der Waals surface area (Å²) in [5.41, 5.74) is -0.571. The molecule has 1 aliphatic carbocycles. The number of rotatable bonds is 4. The Labute approximate surface area is 162 Å². The topological polar surface area (TPSA) is 60.5 Å². The van der Waals surface area contributed by atoms with Crippen molar-refractivity contribution in [3.63, 3.8) is 0 Å². The lowest BCUT2D eigenvalue weighted by Gasteiger charge is -2.43. The van der Waals surface area contributed by atoms with E-state index in [-0.39, 0.29) is 12.6 Å². The highest BCUT2D eigenvalue weighted by Gasteiger charge is 2.47. The van der Waals surface area contributed by atoms with Gasteiger partial charge >= 0.3 is 5.97 Å². The van der Waals surface area contributed by atoms with Crippen molar-refractivity contribution in [3.05, 3.63) is 15.0 Å². The molecule has 0 radical (unpaired) electrons. The van der Waals surface area contributed by atoms with Gasteiger partial charge in [0.15, 0.2) is 0 Å². The highest BCUT2D eigenvalue weighted by molar-refractivity contribution is 9.10. The number of nitrogens with one attached hydrogen (secondary N) is 1. The van der Waals surface area contributed by atoms with Crippen molar-refractivity contribution in [1.29, 1.82) is 0 Å². The molecule has 1 saturated carbocycles. The molecule has 25 heavy (non-hydrogen) atoms. The van der Waals surface area contributed by atoms with Crippen LogP contribution >= 0.6 is 27.3 Å². The number of esters is 1. The summed E-state index contributed by atoms with van der Waals surface area (Å²) in [6.45, 7) is 7.78. The van der Waals surface area contributed by atoms with Gasteiger partial charge in [-0.2, -0.15) is 0 Å². The second-order valence-corrected chi connectivity index (χ2v) is 9.94. The predicted molar refractivity (Wildman–Crippen MR) is 102 cm³/mol.